The maximum absolute atomic E-state index is 13.5. The Kier molecular flexibility index (Phi) is 6.96. The number of carbonyl (C=O) groups is 3. The van der Waals surface area contributed by atoms with Crippen LogP contribution >= 0.6 is 0 Å². The Morgan fingerprint density at radius 2 is 1.79 bits per heavy atom. The maximum atomic E-state index is 13.5. The average Bonchev–Trinajstić information content (AvgIpc) is 2.86. The van der Waals surface area contributed by atoms with Crippen LogP contribution in [0.5, 0.6) is 0 Å². The smallest absolute Gasteiger partial charge is 0.253 e. The average molecular weight is 449 g/mol. The minimum absolute atomic E-state index is 0.0636. The molecule has 1 atom stereocenters. The topological polar surface area (TPSA) is 73.0 Å². The van der Waals surface area contributed by atoms with Gasteiger partial charge in [0.05, 0.1) is 11.4 Å². The maximum Gasteiger partial charge on any atom is 0.253 e. The summed E-state index contributed by atoms with van der Waals surface area (Å²) >= 11 is 0. The minimum atomic E-state index is -0.252. The van der Waals surface area contributed by atoms with Crippen molar-refractivity contribution < 1.29 is 14.4 Å². The molecule has 2 aromatic rings. The highest BCUT2D eigenvalue weighted by atomic mass is 16.2. The molecule has 174 valence electrons. The SMILES string of the molecule is CCN(CC)C(=O)c1ccc2c(c1)N(CC(=O)NCc1ccccc1)C(=O)C1CCCCN21. The van der Waals surface area contributed by atoms with Crippen molar-refractivity contribution in [2.24, 2.45) is 0 Å². The van der Waals surface area contributed by atoms with Crippen LogP contribution in [0.4, 0.5) is 11.4 Å². The summed E-state index contributed by atoms with van der Waals surface area (Å²) < 4.78 is 0. The fourth-order valence-electron chi connectivity index (χ4n) is 4.74. The summed E-state index contributed by atoms with van der Waals surface area (Å²) in [4.78, 5) is 44.7. The van der Waals surface area contributed by atoms with Crippen molar-refractivity contribution in [2.75, 3.05) is 36.0 Å². The van der Waals surface area contributed by atoms with Gasteiger partial charge in [-0.25, -0.2) is 0 Å². The summed E-state index contributed by atoms with van der Waals surface area (Å²) in [6, 6.07) is 15.0. The molecule has 1 saturated heterocycles. The second-order valence-corrected chi connectivity index (χ2v) is 8.57. The van der Waals surface area contributed by atoms with E-state index in [0.717, 1.165) is 37.1 Å². The van der Waals surface area contributed by atoms with Gasteiger partial charge < -0.3 is 15.1 Å². The molecule has 2 aliphatic heterocycles. The summed E-state index contributed by atoms with van der Waals surface area (Å²) in [7, 11) is 0. The molecular formula is C26H32N4O3. The van der Waals surface area contributed by atoms with Crippen LogP contribution in [-0.4, -0.2) is 54.8 Å². The molecule has 7 nitrogen and oxygen atoms in total. The highest BCUT2D eigenvalue weighted by molar-refractivity contribution is 6.09. The largest absolute Gasteiger partial charge is 0.358 e. The number of amides is 3. The van der Waals surface area contributed by atoms with E-state index in [4.69, 9.17) is 0 Å². The van der Waals surface area contributed by atoms with E-state index >= 15 is 0 Å². The molecule has 7 heteroatoms. The van der Waals surface area contributed by atoms with Crippen LogP contribution in [0.25, 0.3) is 0 Å². The van der Waals surface area contributed by atoms with E-state index in [1.165, 1.54) is 0 Å². The molecule has 0 aromatic heterocycles. The monoisotopic (exact) mass is 448 g/mol. The Hall–Kier alpha value is -3.35. The van der Waals surface area contributed by atoms with E-state index < -0.39 is 0 Å². The van der Waals surface area contributed by atoms with Crippen molar-refractivity contribution in [3.05, 3.63) is 59.7 Å². The van der Waals surface area contributed by atoms with Crippen molar-refractivity contribution in [3.8, 4) is 0 Å². The van der Waals surface area contributed by atoms with E-state index in [1.807, 2.05) is 56.3 Å². The second kappa shape index (κ2) is 10.1. The normalized spacial score (nSPS) is 17.3. The molecule has 0 aliphatic carbocycles. The molecule has 2 aliphatic rings. The Balaban J connectivity index is 1.61. The predicted molar refractivity (Wildman–Crippen MR) is 129 cm³/mol. The number of carbonyl (C=O) groups excluding carboxylic acids is 3. The van der Waals surface area contributed by atoms with Gasteiger partial charge >= 0.3 is 0 Å². The van der Waals surface area contributed by atoms with E-state index in [-0.39, 0.29) is 30.3 Å². The second-order valence-electron chi connectivity index (χ2n) is 8.57. The number of benzene rings is 2. The van der Waals surface area contributed by atoms with Crippen LogP contribution < -0.4 is 15.1 Å². The lowest BCUT2D eigenvalue weighted by Gasteiger charge is -2.45. The number of anilines is 2. The first-order valence-electron chi connectivity index (χ1n) is 11.9. The van der Waals surface area contributed by atoms with Gasteiger partial charge in [-0.2, -0.15) is 0 Å². The van der Waals surface area contributed by atoms with E-state index in [2.05, 4.69) is 10.2 Å². The molecule has 4 rings (SSSR count). The quantitative estimate of drug-likeness (QED) is 0.706. The van der Waals surface area contributed by atoms with Crippen molar-refractivity contribution in [1.29, 1.82) is 0 Å². The molecule has 2 aromatic carbocycles. The van der Waals surface area contributed by atoms with Crippen LogP contribution in [0.1, 0.15) is 49.0 Å². The van der Waals surface area contributed by atoms with Crippen LogP contribution in [0.2, 0.25) is 0 Å². The lowest BCUT2D eigenvalue weighted by atomic mass is 9.95. The molecule has 0 radical (unpaired) electrons. The number of piperidine rings is 1. The van der Waals surface area contributed by atoms with Gasteiger partial charge in [0.1, 0.15) is 12.6 Å². The molecule has 1 N–H and O–H groups in total. The third-order valence-corrected chi connectivity index (χ3v) is 6.56. The first-order chi connectivity index (χ1) is 16.0. The van der Waals surface area contributed by atoms with Gasteiger partial charge in [-0.15, -0.1) is 0 Å². The molecule has 33 heavy (non-hydrogen) atoms. The number of rotatable bonds is 7. The predicted octanol–water partition coefficient (Wildman–Crippen LogP) is 3.19. The first-order valence-corrected chi connectivity index (χ1v) is 11.9. The van der Waals surface area contributed by atoms with Gasteiger partial charge in [-0.05, 0) is 56.9 Å². The highest BCUT2D eigenvalue weighted by Crippen LogP contribution is 2.40. The number of hydrogen-bond donors (Lipinski definition) is 1. The molecule has 3 amide bonds. The van der Waals surface area contributed by atoms with E-state index in [0.29, 0.717) is 30.9 Å². The first kappa shape index (κ1) is 22.8. The molecule has 0 spiro atoms. The molecule has 0 bridgehead atoms. The fraction of sp³-hybridized carbons (Fsp3) is 0.423. The minimum Gasteiger partial charge on any atom is -0.358 e. The third kappa shape index (κ3) is 4.72. The zero-order valence-corrected chi connectivity index (χ0v) is 19.4. The summed E-state index contributed by atoms with van der Waals surface area (Å²) in [5.41, 5.74) is 3.11. The number of fused-ring (bicyclic) bond motifs is 3. The van der Waals surface area contributed by atoms with Crippen LogP contribution in [0, 0.1) is 0 Å². The fourth-order valence-corrected chi connectivity index (χ4v) is 4.74. The van der Waals surface area contributed by atoms with Crippen molar-refractivity contribution in [3.63, 3.8) is 0 Å². The molecular weight excluding hydrogens is 416 g/mol. The van der Waals surface area contributed by atoms with Gasteiger partial charge in [0.2, 0.25) is 11.8 Å². The number of nitrogens with one attached hydrogen (secondary N) is 1. The van der Waals surface area contributed by atoms with Gasteiger partial charge in [0.15, 0.2) is 0 Å². The number of hydrogen-bond acceptors (Lipinski definition) is 4. The molecule has 2 heterocycles. The lowest BCUT2D eigenvalue weighted by molar-refractivity contribution is -0.125. The summed E-state index contributed by atoms with van der Waals surface area (Å²) in [6.07, 6.45) is 2.80. The Bertz CT molecular complexity index is 1020. The van der Waals surface area contributed by atoms with Gasteiger partial charge in [0, 0.05) is 31.7 Å². The van der Waals surface area contributed by atoms with Crippen molar-refractivity contribution in [1.82, 2.24) is 10.2 Å². The summed E-state index contributed by atoms with van der Waals surface area (Å²) in [5.74, 6) is -0.350. The Labute approximate surface area is 195 Å². The van der Waals surface area contributed by atoms with Gasteiger partial charge in [-0.1, -0.05) is 30.3 Å². The molecule has 1 fully saturated rings. The Morgan fingerprint density at radius 3 is 2.52 bits per heavy atom. The zero-order chi connectivity index (χ0) is 23.4. The van der Waals surface area contributed by atoms with E-state index in [9.17, 15) is 14.4 Å². The molecule has 1 unspecified atom stereocenters. The standard InChI is InChI=1S/C26H32N4O3/c1-3-28(4-2)25(32)20-13-14-21-23(16-20)30(26(33)22-12-8-9-15-29(21)22)18-24(31)27-17-19-10-6-5-7-11-19/h5-7,10-11,13-14,16,22H,3-4,8-9,12,15,17-18H2,1-2H3,(H,27,31). The summed E-state index contributed by atoms with van der Waals surface area (Å²) in [6.45, 7) is 6.28. The lowest BCUT2D eigenvalue weighted by Crippen LogP contribution is -2.57. The van der Waals surface area contributed by atoms with Crippen molar-refractivity contribution in [2.45, 2.75) is 45.7 Å². The number of nitrogens with zero attached hydrogens (tertiary/aromatic N) is 3. The zero-order valence-electron chi connectivity index (χ0n) is 19.4. The summed E-state index contributed by atoms with van der Waals surface area (Å²) in [5, 5.41) is 2.92. The Morgan fingerprint density at radius 1 is 1.03 bits per heavy atom. The van der Waals surface area contributed by atoms with Crippen molar-refractivity contribution >= 4 is 29.1 Å². The molecule has 0 saturated carbocycles. The third-order valence-electron chi connectivity index (χ3n) is 6.56. The van der Waals surface area contributed by atoms with Crippen LogP contribution in [0.15, 0.2) is 48.5 Å². The highest BCUT2D eigenvalue weighted by Gasteiger charge is 2.40. The van der Waals surface area contributed by atoms with Crippen LogP contribution in [-0.2, 0) is 16.1 Å². The van der Waals surface area contributed by atoms with Gasteiger partial charge in [-0.3, -0.25) is 19.3 Å². The van der Waals surface area contributed by atoms with E-state index in [1.54, 1.807) is 15.9 Å². The van der Waals surface area contributed by atoms with Gasteiger partial charge in [0.25, 0.3) is 5.91 Å². The van der Waals surface area contributed by atoms with Crippen LogP contribution in [0.3, 0.4) is 0 Å².